The van der Waals surface area contributed by atoms with E-state index in [-0.39, 0.29) is 6.54 Å². The van der Waals surface area contributed by atoms with E-state index in [0.29, 0.717) is 5.69 Å². The van der Waals surface area contributed by atoms with E-state index in [4.69, 9.17) is 10.8 Å². The molecule has 1 unspecified atom stereocenters. The molecule has 1 aromatic rings. The molecule has 0 aliphatic carbocycles. The minimum Gasteiger partial charge on any atom is -0.481 e. The Balaban J connectivity index is 2.35. The van der Waals surface area contributed by atoms with Crippen LogP contribution in [0.1, 0.15) is 30.1 Å². The monoisotopic (exact) mass is 210 g/mol. The summed E-state index contributed by atoms with van der Waals surface area (Å²) in [6.07, 6.45) is 3.00. The number of hydrogen-bond donors (Lipinski definition) is 2. The van der Waals surface area contributed by atoms with E-state index in [9.17, 15) is 4.79 Å². The number of nitrogens with zero attached hydrogens (tertiary/aromatic N) is 3. The quantitative estimate of drug-likeness (QED) is 0.716. The Labute approximate surface area is 87.1 Å². The number of aryl methyl sites for hydroxylation is 1. The zero-order valence-corrected chi connectivity index (χ0v) is 8.39. The highest BCUT2D eigenvalue weighted by molar-refractivity contribution is 5.76. The van der Waals surface area contributed by atoms with Crippen molar-refractivity contribution in [2.45, 2.75) is 31.7 Å². The Kier molecular flexibility index (Phi) is 2.68. The first-order valence-electron chi connectivity index (χ1n) is 5.09. The minimum atomic E-state index is -0.925. The second-order valence-electron chi connectivity index (χ2n) is 3.73. The van der Waals surface area contributed by atoms with Crippen molar-refractivity contribution in [2.75, 3.05) is 6.54 Å². The van der Waals surface area contributed by atoms with E-state index in [1.54, 1.807) is 4.68 Å². The fourth-order valence-corrected chi connectivity index (χ4v) is 1.94. The maximum Gasteiger partial charge on any atom is 0.314 e. The van der Waals surface area contributed by atoms with Crippen molar-refractivity contribution in [3.8, 4) is 0 Å². The molecule has 0 saturated heterocycles. The smallest absolute Gasteiger partial charge is 0.314 e. The van der Waals surface area contributed by atoms with Gasteiger partial charge in [-0.15, -0.1) is 5.10 Å². The third-order valence-corrected chi connectivity index (χ3v) is 2.77. The van der Waals surface area contributed by atoms with Crippen LogP contribution in [0.2, 0.25) is 0 Å². The molecule has 15 heavy (non-hydrogen) atoms. The van der Waals surface area contributed by atoms with Crippen molar-refractivity contribution in [1.29, 1.82) is 0 Å². The molecule has 2 rings (SSSR count). The number of aliphatic carboxylic acids is 1. The largest absolute Gasteiger partial charge is 0.481 e. The molecule has 0 fully saturated rings. The van der Waals surface area contributed by atoms with E-state index < -0.39 is 11.9 Å². The maximum atomic E-state index is 11.0. The first-order valence-corrected chi connectivity index (χ1v) is 5.09. The van der Waals surface area contributed by atoms with Gasteiger partial charge in [0.15, 0.2) is 0 Å². The molecule has 0 saturated carbocycles. The van der Waals surface area contributed by atoms with Crippen LogP contribution in [-0.2, 0) is 17.8 Å². The standard InChI is InChI=1S/C9H14N4O2/c10-5-6(9(14)15)8-7-3-1-2-4-13(7)12-11-8/h6H,1-5,10H2,(H,14,15). The van der Waals surface area contributed by atoms with Gasteiger partial charge in [0.25, 0.3) is 0 Å². The van der Waals surface area contributed by atoms with Crippen LogP contribution in [-0.4, -0.2) is 32.6 Å². The Hall–Kier alpha value is -1.43. The Morgan fingerprint density at radius 2 is 2.40 bits per heavy atom. The maximum absolute atomic E-state index is 11.0. The Morgan fingerprint density at radius 1 is 1.60 bits per heavy atom. The van der Waals surface area contributed by atoms with Gasteiger partial charge in [0.05, 0.1) is 5.69 Å². The molecule has 0 spiro atoms. The number of aromatic nitrogens is 3. The molecule has 3 N–H and O–H groups in total. The molecular weight excluding hydrogens is 196 g/mol. The molecule has 1 aliphatic rings. The zero-order chi connectivity index (χ0) is 10.8. The van der Waals surface area contributed by atoms with Crippen LogP contribution in [0, 0.1) is 0 Å². The van der Waals surface area contributed by atoms with Gasteiger partial charge >= 0.3 is 5.97 Å². The summed E-state index contributed by atoms with van der Waals surface area (Å²) in [4.78, 5) is 11.0. The lowest BCUT2D eigenvalue weighted by atomic mass is 10.00. The molecule has 2 heterocycles. The van der Waals surface area contributed by atoms with Gasteiger partial charge in [-0.25, -0.2) is 4.68 Å². The average Bonchev–Trinajstić information content (AvgIpc) is 2.63. The summed E-state index contributed by atoms with van der Waals surface area (Å²) < 4.78 is 1.80. The first kappa shape index (κ1) is 10.1. The summed E-state index contributed by atoms with van der Waals surface area (Å²) in [5.41, 5.74) is 6.93. The number of hydrogen-bond acceptors (Lipinski definition) is 4. The molecule has 6 heteroatoms. The predicted molar refractivity (Wildman–Crippen MR) is 52.4 cm³/mol. The first-order chi connectivity index (χ1) is 7.24. The minimum absolute atomic E-state index is 0.0705. The lowest BCUT2D eigenvalue weighted by Gasteiger charge is -2.15. The van der Waals surface area contributed by atoms with Crippen molar-refractivity contribution >= 4 is 5.97 Å². The number of nitrogens with two attached hydrogens (primary N) is 1. The van der Waals surface area contributed by atoms with Gasteiger partial charge < -0.3 is 10.8 Å². The van der Waals surface area contributed by atoms with E-state index in [1.165, 1.54) is 0 Å². The Bertz CT molecular complexity index is 374. The van der Waals surface area contributed by atoms with Crippen molar-refractivity contribution in [2.24, 2.45) is 5.73 Å². The summed E-state index contributed by atoms with van der Waals surface area (Å²) in [6.45, 7) is 0.903. The van der Waals surface area contributed by atoms with Crippen LogP contribution in [0.5, 0.6) is 0 Å². The second kappa shape index (κ2) is 3.98. The van der Waals surface area contributed by atoms with E-state index in [2.05, 4.69) is 10.3 Å². The summed E-state index contributed by atoms with van der Waals surface area (Å²) in [5, 5.41) is 16.9. The van der Waals surface area contributed by atoms with Crippen molar-refractivity contribution in [3.63, 3.8) is 0 Å². The summed E-state index contributed by atoms with van der Waals surface area (Å²) in [5.74, 6) is -1.64. The lowest BCUT2D eigenvalue weighted by molar-refractivity contribution is -0.138. The highest BCUT2D eigenvalue weighted by Crippen LogP contribution is 2.22. The molecule has 6 nitrogen and oxygen atoms in total. The number of rotatable bonds is 3. The van der Waals surface area contributed by atoms with Crippen LogP contribution in [0.4, 0.5) is 0 Å². The molecule has 0 bridgehead atoms. The SMILES string of the molecule is NCC(C(=O)O)c1nnn2c1CCCC2. The molecule has 0 amide bonds. The van der Waals surface area contributed by atoms with Crippen LogP contribution in [0.15, 0.2) is 0 Å². The fourth-order valence-electron chi connectivity index (χ4n) is 1.94. The van der Waals surface area contributed by atoms with Crippen LogP contribution in [0.25, 0.3) is 0 Å². The number of carboxylic acids is 1. The normalized spacial score (nSPS) is 17.1. The van der Waals surface area contributed by atoms with Crippen molar-refractivity contribution < 1.29 is 9.90 Å². The van der Waals surface area contributed by atoms with Crippen LogP contribution in [0.3, 0.4) is 0 Å². The Morgan fingerprint density at radius 3 is 3.07 bits per heavy atom. The average molecular weight is 210 g/mol. The highest BCUT2D eigenvalue weighted by Gasteiger charge is 2.27. The molecule has 1 atom stereocenters. The molecule has 0 radical (unpaired) electrons. The molecule has 1 aromatic heterocycles. The van der Waals surface area contributed by atoms with E-state index in [0.717, 1.165) is 31.5 Å². The van der Waals surface area contributed by atoms with Gasteiger partial charge in [-0.05, 0) is 19.3 Å². The molecule has 1 aliphatic heterocycles. The van der Waals surface area contributed by atoms with Gasteiger partial charge in [-0.1, -0.05) is 5.21 Å². The number of fused-ring (bicyclic) bond motifs is 1. The van der Waals surface area contributed by atoms with Crippen LogP contribution < -0.4 is 5.73 Å². The molecule has 82 valence electrons. The van der Waals surface area contributed by atoms with Gasteiger partial charge in [-0.2, -0.15) is 0 Å². The zero-order valence-electron chi connectivity index (χ0n) is 8.39. The van der Waals surface area contributed by atoms with Crippen molar-refractivity contribution in [3.05, 3.63) is 11.4 Å². The van der Waals surface area contributed by atoms with Gasteiger partial charge in [0.1, 0.15) is 11.6 Å². The summed E-state index contributed by atoms with van der Waals surface area (Å²) in [6, 6.07) is 0. The lowest BCUT2D eigenvalue weighted by Crippen LogP contribution is -2.23. The highest BCUT2D eigenvalue weighted by atomic mass is 16.4. The summed E-state index contributed by atoms with van der Waals surface area (Å²) in [7, 11) is 0. The fraction of sp³-hybridized carbons (Fsp3) is 0.667. The van der Waals surface area contributed by atoms with Gasteiger partial charge in [-0.3, -0.25) is 4.79 Å². The molecular formula is C9H14N4O2. The van der Waals surface area contributed by atoms with E-state index >= 15 is 0 Å². The third kappa shape index (κ3) is 1.72. The van der Waals surface area contributed by atoms with Crippen LogP contribution >= 0.6 is 0 Å². The second-order valence-corrected chi connectivity index (χ2v) is 3.73. The molecule has 0 aromatic carbocycles. The number of carbonyl (C=O) groups is 1. The predicted octanol–water partition coefficient (Wildman–Crippen LogP) is -0.259. The van der Waals surface area contributed by atoms with Gasteiger partial charge in [0.2, 0.25) is 0 Å². The topological polar surface area (TPSA) is 94.0 Å². The number of carboxylic acid groups (broad SMARTS) is 1. The summed E-state index contributed by atoms with van der Waals surface area (Å²) >= 11 is 0. The van der Waals surface area contributed by atoms with Gasteiger partial charge in [0, 0.05) is 13.1 Å². The van der Waals surface area contributed by atoms with E-state index in [1.807, 2.05) is 0 Å². The third-order valence-electron chi connectivity index (χ3n) is 2.77. The van der Waals surface area contributed by atoms with Crippen molar-refractivity contribution in [1.82, 2.24) is 15.0 Å².